The molecular formula is C23H27N5OS. The third-order valence-corrected chi connectivity index (χ3v) is 7.50. The monoisotopic (exact) mass is 421 g/mol. The van der Waals surface area contributed by atoms with Crippen molar-refractivity contribution in [3.05, 3.63) is 63.5 Å². The fraction of sp³-hybridized carbons (Fsp3) is 0.435. The van der Waals surface area contributed by atoms with Crippen LogP contribution in [-0.2, 0) is 20.1 Å². The van der Waals surface area contributed by atoms with Gasteiger partial charge in [0, 0.05) is 19.6 Å². The van der Waals surface area contributed by atoms with Crippen molar-refractivity contribution in [2.45, 2.75) is 52.2 Å². The summed E-state index contributed by atoms with van der Waals surface area (Å²) in [6.07, 6.45) is 3.70. The number of nitrogens with zero attached hydrogens (tertiary/aromatic N) is 5. The minimum Gasteiger partial charge on any atom is -0.288 e. The van der Waals surface area contributed by atoms with Gasteiger partial charge in [-0.3, -0.25) is 18.7 Å². The predicted octanol–water partition coefficient (Wildman–Crippen LogP) is 4.22. The molecule has 3 aromatic heterocycles. The molecule has 0 N–H and O–H groups in total. The van der Waals surface area contributed by atoms with Gasteiger partial charge in [-0.15, -0.1) is 21.5 Å². The first kappa shape index (κ1) is 19.5. The van der Waals surface area contributed by atoms with Crippen LogP contribution in [0.25, 0.3) is 16.0 Å². The van der Waals surface area contributed by atoms with Crippen molar-refractivity contribution in [1.29, 1.82) is 0 Å². The predicted molar refractivity (Wildman–Crippen MR) is 121 cm³/mol. The zero-order chi connectivity index (χ0) is 20.9. The highest BCUT2D eigenvalue weighted by Gasteiger charge is 2.38. The summed E-state index contributed by atoms with van der Waals surface area (Å²) in [7, 11) is 1.77. The van der Waals surface area contributed by atoms with E-state index in [1.165, 1.54) is 36.2 Å². The van der Waals surface area contributed by atoms with Crippen LogP contribution in [0, 0.1) is 5.41 Å². The second-order valence-electron chi connectivity index (χ2n) is 9.04. The summed E-state index contributed by atoms with van der Waals surface area (Å²) >= 11 is 1.48. The molecule has 7 heteroatoms. The average Bonchev–Trinajstić information content (AvgIpc) is 3.44. The van der Waals surface area contributed by atoms with Gasteiger partial charge in [0.05, 0.1) is 12.1 Å². The van der Waals surface area contributed by atoms with E-state index in [1.807, 2.05) is 11.4 Å². The van der Waals surface area contributed by atoms with Crippen molar-refractivity contribution in [3.63, 3.8) is 0 Å². The van der Waals surface area contributed by atoms with Crippen LogP contribution < -0.4 is 5.56 Å². The van der Waals surface area contributed by atoms with Crippen LogP contribution in [0.4, 0.5) is 0 Å². The first-order valence-electron chi connectivity index (χ1n) is 10.5. The van der Waals surface area contributed by atoms with Crippen molar-refractivity contribution >= 4 is 27.3 Å². The molecule has 1 aliphatic rings. The molecule has 0 aliphatic heterocycles. The van der Waals surface area contributed by atoms with Gasteiger partial charge in [0.2, 0.25) is 5.78 Å². The van der Waals surface area contributed by atoms with Crippen molar-refractivity contribution in [2.24, 2.45) is 12.5 Å². The molecule has 1 aliphatic carbocycles. The fourth-order valence-corrected chi connectivity index (χ4v) is 5.87. The van der Waals surface area contributed by atoms with Gasteiger partial charge in [-0.05, 0) is 35.3 Å². The van der Waals surface area contributed by atoms with Gasteiger partial charge in [-0.1, -0.05) is 50.6 Å². The zero-order valence-corrected chi connectivity index (χ0v) is 18.5. The quantitative estimate of drug-likeness (QED) is 0.484. The summed E-state index contributed by atoms with van der Waals surface area (Å²) in [5.41, 5.74) is 2.47. The molecule has 30 heavy (non-hydrogen) atoms. The van der Waals surface area contributed by atoms with Crippen LogP contribution in [0.2, 0.25) is 0 Å². The topological polar surface area (TPSA) is 55.4 Å². The Morgan fingerprint density at radius 2 is 1.97 bits per heavy atom. The highest BCUT2D eigenvalue weighted by molar-refractivity contribution is 7.17. The van der Waals surface area contributed by atoms with Gasteiger partial charge in [0.15, 0.2) is 5.82 Å². The van der Waals surface area contributed by atoms with Gasteiger partial charge >= 0.3 is 0 Å². The highest BCUT2D eigenvalue weighted by Crippen LogP contribution is 2.41. The Morgan fingerprint density at radius 3 is 2.70 bits per heavy atom. The number of fused-ring (bicyclic) bond motifs is 3. The summed E-state index contributed by atoms with van der Waals surface area (Å²) in [5, 5.41) is 10.9. The van der Waals surface area contributed by atoms with Crippen LogP contribution in [0.1, 0.15) is 44.5 Å². The largest absolute Gasteiger partial charge is 0.288 e. The fourth-order valence-electron chi connectivity index (χ4n) is 5.02. The third-order valence-electron chi connectivity index (χ3n) is 6.61. The summed E-state index contributed by atoms with van der Waals surface area (Å²) in [6, 6.07) is 13.1. The van der Waals surface area contributed by atoms with Crippen molar-refractivity contribution in [3.8, 4) is 0 Å². The molecule has 1 saturated carbocycles. The lowest BCUT2D eigenvalue weighted by Gasteiger charge is -2.37. The summed E-state index contributed by atoms with van der Waals surface area (Å²) < 4.78 is 4.42. The summed E-state index contributed by atoms with van der Waals surface area (Å²) in [4.78, 5) is 15.2. The maximum atomic E-state index is 12.7. The average molecular weight is 422 g/mol. The van der Waals surface area contributed by atoms with E-state index in [-0.39, 0.29) is 11.0 Å². The zero-order valence-electron chi connectivity index (χ0n) is 17.7. The van der Waals surface area contributed by atoms with Crippen molar-refractivity contribution in [1.82, 2.24) is 24.1 Å². The summed E-state index contributed by atoms with van der Waals surface area (Å²) in [5.74, 6) is 1.49. The van der Waals surface area contributed by atoms with Gasteiger partial charge in [-0.25, -0.2) is 0 Å². The molecule has 1 aromatic carbocycles. The number of rotatable bonds is 5. The van der Waals surface area contributed by atoms with E-state index in [4.69, 9.17) is 0 Å². The van der Waals surface area contributed by atoms with E-state index in [0.29, 0.717) is 18.4 Å². The van der Waals surface area contributed by atoms with E-state index in [1.54, 1.807) is 11.6 Å². The number of benzene rings is 1. The number of thiophene rings is 1. The van der Waals surface area contributed by atoms with E-state index in [2.05, 4.69) is 63.7 Å². The van der Waals surface area contributed by atoms with Crippen LogP contribution in [0.3, 0.4) is 0 Å². The highest BCUT2D eigenvalue weighted by atomic mass is 32.1. The molecule has 6 nitrogen and oxygen atoms in total. The Morgan fingerprint density at radius 1 is 1.17 bits per heavy atom. The molecule has 1 fully saturated rings. The second-order valence-corrected chi connectivity index (χ2v) is 9.95. The molecule has 5 rings (SSSR count). The van der Waals surface area contributed by atoms with Crippen LogP contribution in [0.15, 0.2) is 46.6 Å². The minimum atomic E-state index is -0.00971. The lowest BCUT2D eigenvalue weighted by atomic mass is 9.86. The summed E-state index contributed by atoms with van der Waals surface area (Å²) in [6.45, 7) is 6.34. The molecule has 0 unspecified atom stereocenters. The molecule has 1 atom stereocenters. The molecule has 0 bridgehead atoms. The smallest absolute Gasteiger partial charge is 0.272 e. The third kappa shape index (κ3) is 3.17. The lowest BCUT2D eigenvalue weighted by Crippen LogP contribution is -2.41. The van der Waals surface area contributed by atoms with Gasteiger partial charge in [0.25, 0.3) is 5.56 Å². The van der Waals surface area contributed by atoms with E-state index in [9.17, 15) is 4.79 Å². The molecule has 156 valence electrons. The van der Waals surface area contributed by atoms with Crippen molar-refractivity contribution in [2.75, 3.05) is 0 Å². The first-order valence-corrected chi connectivity index (χ1v) is 11.4. The Balaban J connectivity index is 1.60. The Kier molecular flexibility index (Phi) is 4.75. The van der Waals surface area contributed by atoms with Gasteiger partial charge in [0.1, 0.15) is 4.70 Å². The molecule has 4 aromatic rings. The SMILES string of the molecule is Cn1c(=O)c2sccc2n2c(CN(Cc3ccccc3)[C@H]3CCCC3(C)C)nnc12. The Hall–Kier alpha value is -2.51. The second kappa shape index (κ2) is 7.32. The molecule has 0 saturated heterocycles. The Bertz CT molecular complexity index is 1250. The molecule has 0 spiro atoms. The molecule has 0 amide bonds. The molecule has 0 radical (unpaired) electrons. The van der Waals surface area contributed by atoms with Gasteiger partial charge in [-0.2, -0.15) is 0 Å². The number of aryl methyl sites for hydroxylation is 1. The molecule has 3 heterocycles. The minimum absolute atomic E-state index is 0.00971. The van der Waals surface area contributed by atoms with E-state index >= 15 is 0 Å². The van der Waals surface area contributed by atoms with Crippen LogP contribution in [0.5, 0.6) is 0 Å². The Labute approximate surface area is 179 Å². The number of hydrogen-bond acceptors (Lipinski definition) is 5. The normalized spacial score (nSPS) is 18.7. The van der Waals surface area contributed by atoms with Crippen LogP contribution in [-0.4, -0.2) is 30.1 Å². The van der Waals surface area contributed by atoms with E-state index < -0.39 is 0 Å². The molecular weight excluding hydrogens is 394 g/mol. The van der Waals surface area contributed by atoms with Crippen molar-refractivity contribution < 1.29 is 0 Å². The lowest BCUT2D eigenvalue weighted by molar-refractivity contribution is 0.0950. The maximum Gasteiger partial charge on any atom is 0.272 e. The first-order chi connectivity index (χ1) is 14.5. The number of hydrogen-bond donors (Lipinski definition) is 0. The van der Waals surface area contributed by atoms with E-state index in [0.717, 1.165) is 22.6 Å². The number of aromatic nitrogens is 4. The van der Waals surface area contributed by atoms with Gasteiger partial charge < -0.3 is 0 Å². The van der Waals surface area contributed by atoms with Crippen LogP contribution >= 0.6 is 11.3 Å². The maximum absolute atomic E-state index is 12.7. The standard InChI is InChI=1S/C23H27N5OS/c1-23(2)12-7-10-18(23)27(14-16-8-5-4-6-9-16)15-19-24-25-22-26(3)21(29)20-17(28(19)22)11-13-30-20/h4-6,8-9,11,13,18H,7,10,12,14-15H2,1-3H3/t18-/m0/s1.